The standard InChI is InChI=1S/C17H20N2O5/c1-2-24-16(21)8-7-15(20)19-14(17(22)23)9-11-10-18-13-6-4-3-5-12(11)13/h3-6,10,14,18H,2,7-9H2,1H3,(H,19,20)(H,22,23)/t14-/m0/s1. The molecule has 0 saturated heterocycles. The molecule has 7 nitrogen and oxygen atoms in total. The molecule has 7 heteroatoms. The minimum Gasteiger partial charge on any atom is -0.480 e. The lowest BCUT2D eigenvalue weighted by molar-refractivity contribution is -0.144. The van der Waals surface area contributed by atoms with Crippen molar-refractivity contribution in [2.75, 3.05) is 6.61 Å². The number of aromatic nitrogens is 1. The average Bonchev–Trinajstić information content (AvgIpc) is 2.96. The Morgan fingerprint density at radius 1 is 1.25 bits per heavy atom. The Bertz CT molecular complexity index is 737. The molecule has 0 fully saturated rings. The number of benzene rings is 1. The van der Waals surface area contributed by atoms with Crippen LogP contribution in [-0.4, -0.2) is 40.6 Å². The quantitative estimate of drug-likeness (QED) is 0.637. The molecule has 1 amide bonds. The monoisotopic (exact) mass is 332 g/mol. The van der Waals surface area contributed by atoms with E-state index in [1.807, 2.05) is 24.3 Å². The summed E-state index contributed by atoms with van der Waals surface area (Å²) in [5, 5.41) is 12.7. The van der Waals surface area contributed by atoms with E-state index in [0.717, 1.165) is 16.5 Å². The van der Waals surface area contributed by atoms with E-state index in [4.69, 9.17) is 4.74 Å². The zero-order chi connectivity index (χ0) is 17.5. The van der Waals surface area contributed by atoms with Crippen LogP contribution in [0.2, 0.25) is 0 Å². The van der Waals surface area contributed by atoms with Crippen LogP contribution in [0.15, 0.2) is 30.5 Å². The Hall–Kier alpha value is -2.83. The fourth-order valence-corrected chi connectivity index (χ4v) is 2.44. The van der Waals surface area contributed by atoms with Gasteiger partial charge in [0.2, 0.25) is 5.91 Å². The van der Waals surface area contributed by atoms with E-state index in [1.54, 1.807) is 13.1 Å². The molecule has 1 aromatic heterocycles. The first-order valence-corrected chi connectivity index (χ1v) is 7.74. The van der Waals surface area contributed by atoms with Gasteiger partial charge < -0.3 is 20.1 Å². The largest absolute Gasteiger partial charge is 0.480 e. The van der Waals surface area contributed by atoms with Crippen LogP contribution >= 0.6 is 0 Å². The number of hydrogen-bond donors (Lipinski definition) is 3. The minimum atomic E-state index is -1.12. The molecule has 2 aromatic rings. The van der Waals surface area contributed by atoms with Gasteiger partial charge in [-0.05, 0) is 18.6 Å². The number of esters is 1. The third-order valence-electron chi connectivity index (χ3n) is 3.59. The molecule has 1 heterocycles. The van der Waals surface area contributed by atoms with Crippen molar-refractivity contribution in [1.29, 1.82) is 0 Å². The number of carbonyl (C=O) groups is 3. The van der Waals surface area contributed by atoms with Crippen LogP contribution in [0.3, 0.4) is 0 Å². The van der Waals surface area contributed by atoms with Crippen LogP contribution < -0.4 is 5.32 Å². The number of aliphatic carboxylic acids is 1. The number of carbonyl (C=O) groups excluding carboxylic acids is 2. The Morgan fingerprint density at radius 2 is 2.00 bits per heavy atom. The van der Waals surface area contributed by atoms with Crippen LogP contribution in [-0.2, 0) is 25.5 Å². The van der Waals surface area contributed by atoms with Crippen LogP contribution in [0.25, 0.3) is 10.9 Å². The van der Waals surface area contributed by atoms with E-state index in [2.05, 4.69) is 10.3 Å². The SMILES string of the molecule is CCOC(=O)CCC(=O)N[C@@H](Cc1c[nH]c2ccccc12)C(=O)O. The highest BCUT2D eigenvalue weighted by Crippen LogP contribution is 2.19. The first-order chi connectivity index (χ1) is 11.5. The van der Waals surface area contributed by atoms with Gasteiger partial charge in [0.1, 0.15) is 6.04 Å². The maximum atomic E-state index is 11.9. The summed E-state index contributed by atoms with van der Waals surface area (Å²) in [5.41, 5.74) is 1.72. The number of aromatic amines is 1. The molecule has 0 aliphatic carbocycles. The first-order valence-electron chi connectivity index (χ1n) is 7.74. The molecular weight excluding hydrogens is 312 g/mol. The number of fused-ring (bicyclic) bond motifs is 1. The Kier molecular flexibility index (Phi) is 5.95. The number of amides is 1. The highest BCUT2D eigenvalue weighted by atomic mass is 16.5. The van der Waals surface area contributed by atoms with Gasteiger partial charge >= 0.3 is 11.9 Å². The van der Waals surface area contributed by atoms with Crippen LogP contribution in [0, 0.1) is 0 Å². The smallest absolute Gasteiger partial charge is 0.326 e. The van der Waals surface area contributed by atoms with Crippen LogP contribution in [0.4, 0.5) is 0 Å². The molecule has 128 valence electrons. The minimum absolute atomic E-state index is 0.0703. The Balaban J connectivity index is 1.98. The van der Waals surface area contributed by atoms with Gasteiger partial charge in [0.05, 0.1) is 13.0 Å². The van der Waals surface area contributed by atoms with Gasteiger partial charge in [-0.2, -0.15) is 0 Å². The fourth-order valence-electron chi connectivity index (χ4n) is 2.44. The summed E-state index contributed by atoms with van der Waals surface area (Å²) in [6.45, 7) is 1.93. The summed E-state index contributed by atoms with van der Waals surface area (Å²) in [5.74, 6) is -2.09. The molecule has 0 unspecified atom stereocenters. The molecule has 24 heavy (non-hydrogen) atoms. The van der Waals surface area contributed by atoms with Crippen molar-refractivity contribution in [1.82, 2.24) is 10.3 Å². The van der Waals surface area contributed by atoms with E-state index in [-0.39, 0.29) is 25.9 Å². The topological polar surface area (TPSA) is 108 Å². The molecule has 0 spiro atoms. The number of ether oxygens (including phenoxy) is 1. The van der Waals surface area contributed by atoms with Crippen molar-refractivity contribution in [3.8, 4) is 0 Å². The summed E-state index contributed by atoms with van der Waals surface area (Å²) in [4.78, 5) is 37.6. The molecule has 1 atom stereocenters. The maximum absolute atomic E-state index is 11.9. The summed E-state index contributed by atoms with van der Waals surface area (Å²) in [6.07, 6.45) is 1.73. The van der Waals surface area contributed by atoms with Crippen LogP contribution in [0.5, 0.6) is 0 Å². The number of nitrogens with one attached hydrogen (secondary N) is 2. The molecule has 0 bridgehead atoms. The number of carboxylic acid groups (broad SMARTS) is 1. The molecule has 0 aliphatic rings. The highest BCUT2D eigenvalue weighted by molar-refractivity contribution is 5.87. The van der Waals surface area contributed by atoms with Gasteiger partial charge in [-0.15, -0.1) is 0 Å². The second kappa shape index (κ2) is 8.14. The molecule has 3 N–H and O–H groups in total. The Labute approximate surface area is 139 Å². The van der Waals surface area contributed by atoms with Crippen molar-refractivity contribution in [2.24, 2.45) is 0 Å². The van der Waals surface area contributed by atoms with Crippen molar-refractivity contribution < 1.29 is 24.2 Å². The lowest BCUT2D eigenvalue weighted by Crippen LogP contribution is -2.42. The van der Waals surface area contributed by atoms with Gasteiger partial charge in [0.15, 0.2) is 0 Å². The number of H-pyrrole nitrogens is 1. The summed E-state index contributed by atoms with van der Waals surface area (Å²) in [7, 11) is 0. The van der Waals surface area contributed by atoms with E-state index in [0.29, 0.717) is 0 Å². The van der Waals surface area contributed by atoms with Gasteiger partial charge in [-0.1, -0.05) is 18.2 Å². The maximum Gasteiger partial charge on any atom is 0.326 e. The molecular formula is C17H20N2O5. The third-order valence-corrected chi connectivity index (χ3v) is 3.59. The average molecular weight is 332 g/mol. The van der Waals surface area contributed by atoms with Crippen molar-refractivity contribution in [3.05, 3.63) is 36.0 Å². The fraction of sp³-hybridized carbons (Fsp3) is 0.353. The van der Waals surface area contributed by atoms with Crippen molar-refractivity contribution in [2.45, 2.75) is 32.2 Å². The Morgan fingerprint density at radius 3 is 2.71 bits per heavy atom. The normalized spacial score (nSPS) is 11.9. The van der Waals surface area contributed by atoms with E-state index < -0.39 is 23.9 Å². The summed E-state index contributed by atoms with van der Waals surface area (Å²) < 4.78 is 4.74. The van der Waals surface area contributed by atoms with Gasteiger partial charge in [-0.3, -0.25) is 9.59 Å². The lowest BCUT2D eigenvalue weighted by atomic mass is 10.0. The second-order valence-corrected chi connectivity index (χ2v) is 5.33. The predicted molar refractivity (Wildman–Crippen MR) is 87.4 cm³/mol. The van der Waals surface area contributed by atoms with Crippen molar-refractivity contribution >= 4 is 28.7 Å². The highest BCUT2D eigenvalue weighted by Gasteiger charge is 2.22. The van der Waals surface area contributed by atoms with E-state index in [9.17, 15) is 19.5 Å². The lowest BCUT2D eigenvalue weighted by Gasteiger charge is -2.14. The number of hydrogen-bond acceptors (Lipinski definition) is 4. The summed E-state index contributed by atoms with van der Waals surface area (Å²) >= 11 is 0. The van der Waals surface area contributed by atoms with E-state index in [1.165, 1.54) is 0 Å². The molecule has 0 saturated carbocycles. The van der Waals surface area contributed by atoms with Crippen LogP contribution in [0.1, 0.15) is 25.3 Å². The number of carboxylic acids is 1. The molecule has 2 rings (SSSR count). The first kappa shape index (κ1) is 17.5. The van der Waals surface area contributed by atoms with Gasteiger partial charge in [0.25, 0.3) is 0 Å². The number of para-hydroxylation sites is 1. The predicted octanol–water partition coefficient (Wildman–Crippen LogP) is 1.62. The molecule has 0 aliphatic heterocycles. The van der Waals surface area contributed by atoms with Gasteiger partial charge in [0, 0.05) is 29.9 Å². The van der Waals surface area contributed by atoms with Crippen molar-refractivity contribution in [3.63, 3.8) is 0 Å². The van der Waals surface area contributed by atoms with Gasteiger partial charge in [-0.25, -0.2) is 4.79 Å². The number of rotatable bonds is 8. The second-order valence-electron chi connectivity index (χ2n) is 5.33. The molecule has 0 radical (unpaired) electrons. The molecule has 1 aromatic carbocycles. The van der Waals surface area contributed by atoms with E-state index >= 15 is 0 Å². The summed E-state index contributed by atoms with van der Waals surface area (Å²) in [6, 6.07) is 6.48. The third kappa shape index (κ3) is 4.58. The zero-order valence-corrected chi connectivity index (χ0v) is 13.4. The zero-order valence-electron chi connectivity index (χ0n) is 13.4.